The summed E-state index contributed by atoms with van der Waals surface area (Å²) in [5.74, 6) is -2.30. The van der Waals surface area contributed by atoms with E-state index < -0.39 is 31.7 Å². The molecular weight excluding hydrogens is 484 g/mol. The molecule has 1 atom stereocenters. The van der Waals surface area contributed by atoms with E-state index in [4.69, 9.17) is 9.84 Å². The quantitative estimate of drug-likeness (QED) is 0.473. The number of ether oxygens (including phenoxy) is 1. The van der Waals surface area contributed by atoms with Crippen molar-refractivity contribution in [3.63, 3.8) is 0 Å². The molecule has 0 aromatic heterocycles. The number of ketones is 1. The van der Waals surface area contributed by atoms with Crippen LogP contribution in [0.25, 0.3) is 0 Å². The molecule has 0 radical (unpaired) electrons. The number of carboxylic acids is 1. The summed E-state index contributed by atoms with van der Waals surface area (Å²) in [6.45, 7) is 8.19. The predicted molar refractivity (Wildman–Crippen MR) is 135 cm³/mol. The van der Waals surface area contributed by atoms with Crippen LogP contribution in [0.2, 0.25) is 19.6 Å². The van der Waals surface area contributed by atoms with E-state index in [1.54, 1.807) is 12.1 Å². The molecule has 0 unspecified atom stereocenters. The van der Waals surface area contributed by atoms with Gasteiger partial charge in [-0.05, 0) is 60.7 Å². The van der Waals surface area contributed by atoms with Gasteiger partial charge in [0.15, 0.2) is 5.78 Å². The molecule has 1 N–H and O–H groups in total. The van der Waals surface area contributed by atoms with E-state index in [9.17, 15) is 23.2 Å². The zero-order valence-electron chi connectivity index (χ0n) is 21.2. The van der Waals surface area contributed by atoms with Crippen LogP contribution in [0.5, 0.6) is 5.75 Å². The zero-order valence-corrected chi connectivity index (χ0v) is 22.2. The van der Waals surface area contributed by atoms with Crippen molar-refractivity contribution in [2.45, 2.75) is 64.7 Å². The Morgan fingerprint density at radius 1 is 1.08 bits per heavy atom. The fourth-order valence-corrected chi connectivity index (χ4v) is 6.33. The molecular formula is C27H33F2NO5Si. The van der Waals surface area contributed by atoms with Crippen LogP contribution in [0, 0.1) is 11.6 Å². The number of Topliss-reactive ketones (excluding diaryl/α,β-unsaturated/α-hetero) is 1. The minimum absolute atomic E-state index is 0.00337. The lowest BCUT2D eigenvalue weighted by Gasteiger charge is -2.37. The number of rotatable bonds is 10. The minimum atomic E-state index is -2.27. The number of carboxylic acid groups (broad SMARTS) is 1. The molecule has 9 heteroatoms. The highest BCUT2D eigenvalue weighted by molar-refractivity contribution is 6.88. The number of amides is 1. The van der Waals surface area contributed by atoms with Gasteiger partial charge in [-0.1, -0.05) is 25.7 Å². The van der Waals surface area contributed by atoms with Gasteiger partial charge in [0.05, 0.1) is 14.7 Å². The number of fused-ring (bicyclic) bond motifs is 1. The number of carbonyl (C=O) groups is 3. The van der Waals surface area contributed by atoms with E-state index in [2.05, 4.69) is 0 Å². The van der Waals surface area contributed by atoms with Gasteiger partial charge in [-0.15, -0.1) is 0 Å². The topological polar surface area (TPSA) is 83.9 Å². The van der Waals surface area contributed by atoms with E-state index in [-0.39, 0.29) is 54.7 Å². The van der Waals surface area contributed by atoms with E-state index in [0.717, 1.165) is 5.56 Å². The van der Waals surface area contributed by atoms with Crippen molar-refractivity contribution in [3.8, 4) is 5.75 Å². The Kier molecular flexibility index (Phi) is 8.66. The molecule has 1 aliphatic rings. The Hall–Kier alpha value is -3.07. The molecule has 2 aromatic carbocycles. The van der Waals surface area contributed by atoms with Gasteiger partial charge in [-0.3, -0.25) is 14.4 Å². The number of aliphatic carboxylic acids is 1. The molecule has 0 saturated heterocycles. The lowest BCUT2D eigenvalue weighted by Crippen LogP contribution is -2.44. The van der Waals surface area contributed by atoms with Crippen molar-refractivity contribution < 1.29 is 33.0 Å². The molecule has 0 fully saturated rings. The fourth-order valence-electron chi connectivity index (χ4n) is 4.75. The first kappa shape index (κ1) is 27.5. The SMILES string of the molecule is CCOc1ccc2c(c1)CCN(C(=O)CCCC(=O)O)[C@H]2C(=O)Cc1cc(F)c([Si](C)(C)C)c(F)c1. The smallest absolute Gasteiger partial charge is 0.303 e. The van der Waals surface area contributed by atoms with Crippen LogP contribution < -0.4 is 9.92 Å². The van der Waals surface area contributed by atoms with Crippen molar-refractivity contribution >= 4 is 30.9 Å². The first-order valence-electron chi connectivity index (χ1n) is 12.2. The second-order valence-corrected chi connectivity index (χ2v) is 15.1. The van der Waals surface area contributed by atoms with Crippen LogP contribution >= 0.6 is 0 Å². The van der Waals surface area contributed by atoms with Crippen LogP contribution in [0.3, 0.4) is 0 Å². The highest BCUT2D eigenvalue weighted by atomic mass is 28.3. The van der Waals surface area contributed by atoms with Crippen LogP contribution in [0.4, 0.5) is 8.78 Å². The van der Waals surface area contributed by atoms with Gasteiger partial charge < -0.3 is 14.7 Å². The summed E-state index contributed by atoms with van der Waals surface area (Å²) < 4.78 is 35.2. The Balaban J connectivity index is 1.93. The Bertz CT molecular complexity index is 1140. The normalized spacial score (nSPS) is 15.4. The van der Waals surface area contributed by atoms with Gasteiger partial charge in [0.2, 0.25) is 5.91 Å². The van der Waals surface area contributed by atoms with Gasteiger partial charge in [-0.25, -0.2) is 8.78 Å². The fraction of sp³-hybridized carbons (Fsp3) is 0.444. The molecule has 1 heterocycles. The number of carbonyl (C=O) groups excluding carboxylic acids is 2. The maximum Gasteiger partial charge on any atom is 0.303 e. The maximum atomic E-state index is 14.8. The van der Waals surface area contributed by atoms with Gasteiger partial charge in [0.1, 0.15) is 23.4 Å². The summed E-state index contributed by atoms with van der Waals surface area (Å²) >= 11 is 0. The van der Waals surface area contributed by atoms with E-state index in [1.807, 2.05) is 32.6 Å². The van der Waals surface area contributed by atoms with Crippen LogP contribution in [-0.4, -0.2) is 48.9 Å². The average molecular weight is 518 g/mol. The average Bonchev–Trinajstić information content (AvgIpc) is 2.76. The van der Waals surface area contributed by atoms with Gasteiger partial charge >= 0.3 is 5.97 Å². The van der Waals surface area contributed by atoms with Gasteiger partial charge in [-0.2, -0.15) is 0 Å². The lowest BCUT2D eigenvalue weighted by atomic mass is 9.87. The highest BCUT2D eigenvalue weighted by Gasteiger charge is 2.36. The molecule has 0 spiro atoms. The molecule has 6 nitrogen and oxygen atoms in total. The Morgan fingerprint density at radius 3 is 2.33 bits per heavy atom. The zero-order chi connectivity index (χ0) is 26.6. The van der Waals surface area contributed by atoms with Gasteiger partial charge in [0, 0.05) is 31.0 Å². The number of nitrogens with zero attached hydrogens (tertiary/aromatic N) is 1. The third-order valence-corrected chi connectivity index (χ3v) is 8.27. The molecule has 0 aliphatic carbocycles. The summed E-state index contributed by atoms with van der Waals surface area (Å²) in [5, 5.41) is 9.00. The van der Waals surface area contributed by atoms with E-state index >= 15 is 0 Å². The lowest BCUT2D eigenvalue weighted by molar-refractivity contribution is -0.141. The molecule has 1 aliphatic heterocycles. The second kappa shape index (κ2) is 11.3. The first-order valence-corrected chi connectivity index (χ1v) is 15.7. The summed E-state index contributed by atoms with van der Waals surface area (Å²) in [6, 6.07) is 6.86. The van der Waals surface area contributed by atoms with Gasteiger partial charge in [0.25, 0.3) is 0 Å². The molecule has 2 aromatic rings. The number of hydrogen-bond donors (Lipinski definition) is 1. The van der Waals surface area contributed by atoms with Crippen LogP contribution in [0.15, 0.2) is 30.3 Å². The summed E-state index contributed by atoms with van der Waals surface area (Å²) in [4.78, 5) is 39.0. The molecule has 1 amide bonds. The number of halogens is 2. The highest BCUT2D eigenvalue weighted by Crippen LogP contribution is 2.34. The Morgan fingerprint density at radius 2 is 1.75 bits per heavy atom. The van der Waals surface area contributed by atoms with Crippen LogP contribution in [-0.2, 0) is 27.2 Å². The maximum absolute atomic E-state index is 14.8. The second-order valence-electron chi connectivity index (χ2n) is 10.1. The summed E-state index contributed by atoms with van der Waals surface area (Å²) in [6.07, 6.45) is 0.288. The summed E-state index contributed by atoms with van der Waals surface area (Å²) in [5.41, 5.74) is 1.75. The van der Waals surface area contributed by atoms with Crippen molar-refractivity contribution in [3.05, 3.63) is 58.7 Å². The molecule has 36 heavy (non-hydrogen) atoms. The number of benzene rings is 2. The van der Waals surface area contributed by atoms with Crippen molar-refractivity contribution in [1.82, 2.24) is 4.90 Å². The van der Waals surface area contributed by atoms with Crippen LogP contribution in [0.1, 0.15) is 48.9 Å². The molecule has 0 bridgehead atoms. The first-order chi connectivity index (χ1) is 16.9. The van der Waals surface area contributed by atoms with Crippen molar-refractivity contribution in [1.29, 1.82) is 0 Å². The molecule has 0 saturated carbocycles. The van der Waals surface area contributed by atoms with Crippen molar-refractivity contribution in [2.24, 2.45) is 0 Å². The largest absolute Gasteiger partial charge is 0.494 e. The van der Waals surface area contributed by atoms with Crippen molar-refractivity contribution in [2.75, 3.05) is 13.2 Å². The number of hydrogen-bond acceptors (Lipinski definition) is 4. The third kappa shape index (κ3) is 6.37. The van der Waals surface area contributed by atoms with E-state index in [0.29, 0.717) is 24.3 Å². The van der Waals surface area contributed by atoms with E-state index in [1.165, 1.54) is 17.0 Å². The molecule has 3 rings (SSSR count). The Labute approximate surface area is 211 Å². The summed E-state index contributed by atoms with van der Waals surface area (Å²) in [7, 11) is -2.27. The third-order valence-electron chi connectivity index (χ3n) is 6.29. The minimum Gasteiger partial charge on any atom is -0.494 e. The monoisotopic (exact) mass is 517 g/mol. The predicted octanol–water partition coefficient (Wildman–Crippen LogP) is 4.40. The molecule has 194 valence electrons. The standard InChI is InChI=1S/C27H33F2NO5Si/c1-5-35-19-9-10-20-18(16-19)11-12-30(24(32)7-6-8-25(33)34)26(20)23(31)15-17-13-21(28)27(22(29)14-17)36(2,3)4/h9-10,13-14,16,26H,5-8,11-12,15H2,1-4H3,(H,33,34)/t26-/m1/s1.